The summed E-state index contributed by atoms with van der Waals surface area (Å²) < 4.78 is 42.9. The van der Waals surface area contributed by atoms with Gasteiger partial charge >= 0.3 is 6.18 Å². The second-order valence-electron chi connectivity index (χ2n) is 7.09. The highest BCUT2D eigenvalue weighted by Crippen LogP contribution is 2.30. The van der Waals surface area contributed by atoms with Crippen molar-refractivity contribution in [3.05, 3.63) is 36.5 Å². The first-order chi connectivity index (χ1) is 13.2. The summed E-state index contributed by atoms with van der Waals surface area (Å²) in [6.07, 6.45) is -1.19. The van der Waals surface area contributed by atoms with Crippen LogP contribution in [0.15, 0.2) is 35.0 Å². The molecule has 1 aliphatic rings. The standard InChI is InChI=1S/C18H22F3N5O2/c1-17(2,16-24-9-14(28-16)12-5-3-4-6-22-12)26-8-7-23-13(10-26)15(27)25-11-18(19,20)21/h3-6,9,13,23H,7-8,10-11H2,1-2H3,(H,25,27)/t13-/m0/s1. The van der Waals surface area contributed by atoms with E-state index in [-0.39, 0.29) is 6.54 Å². The predicted molar refractivity (Wildman–Crippen MR) is 95.2 cm³/mol. The van der Waals surface area contributed by atoms with Crippen LogP contribution in [0.2, 0.25) is 0 Å². The molecule has 2 N–H and O–H groups in total. The lowest BCUT2D eigenvalue weighted by atomic mass is 10.00. The normalized spacial score (nSPS) is 18.8. The monoisotopic (exact) mass is 397 g/mol. The van der Waals surface area contributed by atoms with Crippen LogP contribution >= 0.6 is 0 Å². The number of hydrogen-bond donors (Lipinski definition) is 2. The first-order valence-electron chi connectivity index (χ1n) is 8.87. The molecule has 3 heterocycles. The van der Waals surface area contributed by atoms with Crippen molar-refractivity contribution in [1.82, 2.24) is 25.5 Å². The van der Waals surface area contributed by atoms with E-state index in [4.69, 9.17) is 4.42 Å². The zero-order valence-electron chi connectivity index (χ0n) is 15.6. The second kappa shape index (κ2) is 7.88. The van der Waals surface area contributed by atoms with Crippen molar-refractivity contribution < 1.29 is 22.4 Å². The molecule has 0 aliphatic carbocycles. The van der Waals surface area contributed by atoms with Crippen LogP contribution in [0.5, 0.6) is 0 Å². The highest BCUT2D eigenvalue weighted by atomic mass is 19.4. The number of nitrogens with zero attached hydrogens (tertiary/aromatic N) is 3. The first kappa shape index (κ1) is 20.3. The number of amides is 1. The third-order valence-corrected chi connectivity index (χ3v) is 4.69. The van der Waals surface area contributed by atoms with Gasteiger partial charge in [0.15, 0.2) is 5.76 Å². The van der Waals surface area contributed by atoms with E-state index < -0.39 is 30.2 Å². The summed E-state index contributed by atoms with van der Waals surface area (Å²) in [6.45, 7) is 3.74. The quantitative estimate of drug-likeness (QED) is 0.802. The van der Waals surface area contributed by atoms with Gasteiger partial charge in [-0.15, -0.1) is 0 Å². The number of alkyl halides is 3. The predicted octanol–water partition coefficient (Wildman–Crippen LogP) is 1.92. The maximum atomic E-state index is 12.3. The lowest BCUT2D eigenvalue weighted by Crippen LogP contribution is -2.61. The number of halogens is 3. The molecule has 28 heavy (non-hydrogen) atoms. The number of piperazine rings is 1. The van der Waals surface area contributed by atoms with Crippen LogP contribution in [-0.2, 0) is 10.3 Å². The number of aromatic nitrogens is 2. The van der Waals surface area contributed by atoms with Gasteiger partial charge in [-0.1, -0.05) is 6.07 Å². The fourth-order valence-corrected chi connectivity index (χ4v) is 3.06. The fourth-order valence-electron chi connectivity index (χ4n) is 3.06. The molecule has 2 aromatic heterocycles. The van der Waals surface area contributed by atoms with Gasteiger partial charge in [0.25, 0.3) is 0 Å². The molecular formula is C18H22F3N5O2. The summed E-state index contributed by atoms with van der Waals surface area (Å²) in [6, 6.07) is 4.70. The van der Waals surface area contributed by atoms with Gasteiger partial charge in [-0.25, -0.2) is 4.98 Å². The Morgan fingerprint density at radius 1 is 1.36 bits per heavy atom. The van der Waals surface area contributed by atoms with E-state index in [1.54, 1.807) is 18.5 Å². The Labute approximate surface area is 160 Å². The fraction of sp³-hybridized carbons (Fsp3) is 0.500. The van der Waals surface area contributed by atoms with Crippen LogP contribution in [0.4, 0.5) is 13.2 Å². The number of nitrogens with one attached hydrogen (secondary N) is 2. The third-order valence-electron chi connectivity index (χ3n) is 4.69. The Kier molecular flexibility index (Phi) is 5.71. The minimum atomic E-state index is -4.44. The average Bonchev–Trinajstić information content (AvgIpc) is 3.17. The Balaban J connectivity index is 1.69. The summed E-state index contributed by atoms with van der Waals surface area (Å²) in [7, 11) is 0. The first-order valence-corrected chi connectivity index (χ1v) is 8.87. The number of carbonyl (C=O) groups excluding carboxylic acids is 1. The number of oxazole rings is 1. The minimum absolute atomic E-state index is 0.234. The van der Waals surface area contributed by atoms with Crippen LogP contribution in [0.25, 0.3) is 11.5 Å². The van der Waals surface area contributed by atoms with Gasteiger partial charge in [-0.3, -0.25) is 14.7 Å². The van der Waals surface area contributed by atoms with Gasteiger partial charge < -0.3 is 15.1 Å². The van der Waals surface area contributed by atoms with E-state index >= 15 is 0 Å². The lowest BCUT2D eigenvalue weighted by molar-refractivity contribution is -0.140. The average molecular weight is 397 g/mol. The zero-order chi connectivity index (χ0) is 20.4. The molecule has 152 valence electrons. The highest BCUT2D eigenvalue weighted by molar-refractivity contribution is 5.82. The molecule has 2 aromatic rings. The summed E-state index contributed by atoms with van der Waals surface area (Å²) >= 11 is 0. The summed E-state index contributed by atoms with van der Waals surface area (Å²) in [4.78, 5) is 22.7. The molecule has 3 rings (SSSR count). The molecule has 0 bridgehead atoms. The van der Waals surface area contributed by atoms with E-state index in [9.17, 15) is 18.0 Å². The summed E-state index contributed by atoms with van der Waals surface area (Å²) in [5, 5.41) is 4.89. The molecular weight excluding hydrogens is 375 g/mol. The van der Waals surface area contributed by atoms with Gasteiger partial charge in [-0.05, 0) is 26.0 Å². The van der Waals surface area contributed by atoms with Gasteiger partial charge in [0.2, 0.25) is 11.8 Å². The highest BCUT2D eigenvalue weighted by Gasteiger charge is 2.39. The molecule has 1 amide bonds. The number of carbonyl (C=O) groups is 1. The zero-order valence-corrected chi connectivity index (χ0v) is 15.6. The molecule has 1 saturated heterocycles. The Hall–Kier alpha value is -2.46. The third kappa shape index (κ3) is 4.68. The van der Waals surface area contributed by atoms with Crippen molar-refractivity contribution in [2.24, 2.45) is 0 Å². The van der Waals surface area contributed by atoms with E-state index in [1.807, 2.05) is 36.2 Å². The SMILES string of the molecule is CC(C)(c1ncc(-c2ccccn2)o1)N1CCN[C@H](C(=O)NCC(F)(F)F)C1. The van der Waals surface area contributed by atoms with Crippen LogP contribution < -0.4 is 10.6 Å². The Morgan fingerprint density at radius 2 is 2.14 bits per heavy atom. The Bertz CT molecular complexity index is 807. The number of rotatable bonds is 5. The molecule has 7 nitrogen and oxygen atoms in total. The molecule has 0 aromatic carbocycles. The van der Waals surface area contributed by atoms with E-state index in [0.29, 0.717) is 30.4 Å². The molecule has 0 radical (unpaired) electrons. The maximum Gasteiger partial charge on any atom is 0.405 e. The van der Waals surface area contributed by atoms with Gasteiger partial charge in [0.05, 0.1) is 17.8 Å². The Morgan fingerprint density at radius 3 is 2.82 bits per heavy atom. The smallest absolute Gasteiger partial charge is 0.405 e. The second-order valence-corrected chi connectivity index (χ2v) is 7.09. The summed E-state index contributed by atoms with van der Waals surface area (Å²) in [5.74, 6) is 0.294. The molecule has 0 spiro atoms. The van der Waals surface area contributed by atoms with Crippen LogP contribution in [0.1, 0.15) is 19.7 Å². The van der Waals surface area contributed by atoms with Crippen molar-refractivity contribution >= 4 is 5.91 Å². The van der Waals surface area contributed by atoms with Gasteiger partial charge in [0.1, 0.15) is 12.2 Å². The minimum Gasteiger partial charge on any atom is -0.437 e. The van der Waals surface area contributed by atoms with E-state index in [1.165, 1.54) is 0 Å². The maximum absolute atomic E-state index is 12.3. The van der Waals surface area contributed by atoms with Gasteiger partial charge in [-0.2, -0.15) is 13.2 Å². The van der Waals surface area contributed by atoms with Crippen molar-refractivity contribution in [2.45, 2.75) is 31.6 Å². The topological polar surface area (TPSA) is 83.3 Å². The largest absolute Gasteiger partial charge is 0.437 e. The van der Waals surface area contributed by atoms with Crippen molar-refractivity contribution in [2.75, 3.05) is 26.2 Å². The van der Waals surface area contributed by atoms with Crippen LogP contribution in [-0.4, -0.2) is 59.2 Å². The molecule has 1 atom stereocenters. The van der Waals surface area contributed by atoms with Crippen LogP contribution in [0, 0.1) is 0 Å². The van der Waals surface area contributed by atoms with Crippen molar-refractivity contribution in [3.63, 3.8) is 0 Å². The number of hydrogen-bond acceptors (Lipinski definition) is 6. The summed E-state index contributed by atoms with van der Waals surface area (Å²) in [5.41, 5.74) is -0.000659. The van der Waals surface area contributed by atoms with Crippen molar-refractivity contribution in [1.29, 1.82) is 0 Å². The van der Waals surface area contributed by atoms with Crippen molar-refractivity contribution in [3.8, 4) is 11.5 Å². The van der Waals surface area contributed by atoms with E-state index in [0.717, 1.165) is 0 Å². The lowest BCUT2D eigenvalue weighted by Gasteiger charge is -2.41. The molecule has 10 heteroatoms. The molecule has 1 aliphatic heterocycles. The number of pyridine rings is 1. The van der Waals surface area contributed by atoms with E-state index in [2.05, 4.69) is 15.3 Å². The van der Waals surface area contributed by atoms with Crippen LogP contribution in [0.3, 0.4) is 0 Å². The van der Waals surface area contributed by atoms with Gasteiger partial charge in [0, 0.05) is 25.8 Å². The molecule has 0 unspecified atom stereocenters. The molecule has 1 fully saturated rings. The molecule has 0 saturated carbocycles.